The van der Waals surface area contributed by atoms with E-state index in [9.17, 15) is 9.59 Å². The molecule has 2 amide bonds. The van der Waals surface area contributed by atoms with Crippen LogP contribution in [-0.2, 0) is 9.59 Å². The molecule has 2 unspecified atom stereocenters. The fraction of sp³-hybridized carbons (Fsp3) is 0.833. The summed E-state index contributed by atoms with van der Waals surface area (Å²) in [4.78, 5) is 25.5. The fourth-order valence-corrected chi connectivity index (χ4v) is 2.82. The largest absolute Gasteiger partial charge is 0.352 e. The Morgan fingerprint density at radius 3 is 2.94 bits per heavy atom. The van der Waals surface area contributed by atoms with Crippen LogP contribution in [0.25, 0.3) is 0 Å². The zero-order valence-corrected chi connectivity index (χ0v) is 9.95. The van der Waals surface area contributed by atoms with Gasteiger partial charge in [-0.15, -0.1) is 0 Å². The number of amides is 2. The molecule has 1 aliphatic carbocycles. The van der Waals surface area contributed by atoms with E-state index >= 15 is 0 Å². The van der Waals surface area contributed by atoms with Crippen LogP contribution >= 0.6 is 0 Å². The smallest absolute Gasteiger partial charge is 0.239 e. The van der Waals surface area contributed by atoms with Crippen LogP contribution in [0.1, 0.15) is 25.7 Å². The van der Waals surface area contributed by atoms with E-state index in [1.54, 1.807) is 4.90 Å². The van der Waals surface area contributed by atoms with E-state index in [-0.39, 0.29) is 30.3 Å². The van der Waals surface area contributed by atoms with Crippen LogP contribution in [0.15, 0.2) is 0 Å². The summed E-state index contributed by atoms with van der Waals surface area (Å²) in [6, 6.07) is 0.644. The van der Waals surface area contributed by atoms with Gasteiger partial charge in [-0.05, 0) is 32.2 Å². The third-order valence-corrected chi connectivity index (χ3v) is 3.91. The average molecular weight is 237 g/mol. The van der Waals surface area contributed by atoms with E-state index in [2.05, 4.69) is 10.6 Å². The number of carbonyl (C=O) groups is 2. The lowest BCUT2D eigenvalue weighted by Gasteiger charge is -2.23. The Kier molecular flexibility index (Phi) is 2.78. The molecule has 5 heteroatoms. The van der Waals surface area contributed by atoms with Crippen LogP contribution in [0.3, 0.4) is 0 Å². The first-order valence-electron chi connectivity index (χ1n) is 6.55. The van der Waals surface area contributed by atoms with Crippen molar-refractivity contribution in [2.24, 2.45) is 5.92 Å². The molecule has 0 bridgehead atoms. The van der Waals surface area contributed by atoms with Crippen LogP contribution in [0, 0.1) is 5.92 Å². The number of fused-ring (bicyclic) bond motifs is 1. The molecule has 2 atom stereocenters. The van der Waals surface area contributed by atoms with Crippen molar-refractivity contribution >= 4 is 11.8 Å². The zero-order chi connectivity index (χ0) is 11.8. The first-order valence-corrected chi connectivity index (χ1v) is 6.55. The maximum absolute atomic E-state index is 12.1. The predicted molar refractivity (Wildman–Crippen MR) is 62.3 cm³/mol. The molecule has 2 aliphatic heterocycles. The van der Waals surface area contributed by atoms with Gasteiger partial charge in [0.1, 0.15) is 0 Å². The van der Waals surface area contributed by atoms with E-state index in [0.717, 1.165) is 32.2 Å². The van der Waals surface area contributed by atoms with Crippen LogP contribution in [0.5, 0.6) is 0 Å². The number of likely N-dealkylation sites (tertiary alicyclic amines) is 1. The summed E-state index contributed by atoms with van der Waals surface area (Å²) in [5, 5.41) is 6.30. The Balaban J connectivity index is 1.56. The standard InChI is InChI=1S/C12H19N3O2/c16-11(14-8-3-4-8)7-15-6-10-9(12(15)17)2-1-5-13-10/h8-10,13H,1-7H2,(H,14,16). The van der Waals surface area contributed by atoms with Crippen molar-refractivity contribution in [1.82, 2.24) is 15.5 Å². The van der Waals surface area contributed by atoms with Gasteiger partial charge in [0.25, 0.3) is 0 Å². The van der Waals surface area contributed by atoms with Gasteiger partial charge >= 0.3 is 0 Å². The van der Waals surface area contributed by atoms with Crippen molar-refractivity contribution in [3.05, 3.63) is 0 Å². The molecule has 0 aromatic carbocycles. The molecule has 3 fully saturated rings. The summed E-state index contributed by atoms with van der Waals surface area (Å²) in [5.41, 5.74) is 0. The summed E-state index contributed by atoms with van der Waals surface area (Å²) in [6.07, 6.45) is 4.21. The second-order valence-electron chi connectivity index (χ2n) is 5.37. The second kappa shape index (κ2) is 4.29. The van der Waals surface area contributed by atoms with Gasteiger partial charge in [0, 0.05) is 18.6 Å². The maximum Gasteiger partial charge on any atom is 0.239 e. The van der Waals surface area contributed by atoms with Crippen molar-refractivity contribution in [2.75, 3.05) is 19.6 Å². The molecule has 3 aliphatic rings. The lowest BCUT2D eigenvalue weighted by atomic mass is 9.94. The summed E-state index contributed by atoms with van der Waals surface area (Å²) in [7, 11) is 0. The third kappa shape index (κ3) is 2.29. The number of carbonyl (C=O) groups excluding carboxylic acids is 2. The third-order valence-electron chi connectivity index (χ3n) is 3.91. The van der Waals surface area contributed by atoms with Crippen molar-refractivity contribution in [1.29, 1.82) is 0 Å². The second-order valence-corrected chi connectivity index (χ2v) is 5.37. The Labute approximate surface area is 101 Å². The van der Waals surface area contributed by atoms with Crippen LogP contribution < -0.4 is 10.6 Å². The van der Waals surface area contributed by atoms with Gasteiger partial charge in [0.05, 0.1) is 12.5 Å². The quantitative estimate of drug-likeness (QED) is 0.694. The lowest BCUT2D eigenvalue weighted by molar-refractivity contribution is -0.135. The van der Waals surface area contributed by atoms with E-state index in [4.69, 9.17) is 0 Å². The summed E-state index contributed by atoms with van der Waals surface area (Å²) in [5.74, 6) is 0.269. The summed E-state index contributed by atoms with van der Waals surface area (Å²) >= 11 is 0. The number of hydrogen-bond donors (Lipinski definition) is 2. The van der Waals surface area contributed by atoms with Crippen LogP contribution in [0.4, 0.5) is 0 Å². The average Bonchev–Trinajstić information content (AvgIpc) is 3.06. The molecule has 3 rings (SSSR count). The first kappa shape index (κ1) is 11.0. The summed E-state index contributed by atoms with van der Waals surface area (Å²) < 4.78 is 0. The Morgan fingerprint density at radius 2 is 2.24 bits per heavy atom. The van der Waals surface area contributed by atoms with Gasteiger partial charge in [0.2, 0.25) is 11.8 Å². The van der Waals surface area contributed by atoms with Gasteiger partial charge in [-0.25, -0.2) is 0 Å². The molecule has 0 radical (unpaired) electrons. The molecule has 0 aromatic rings. The van der Waals surface area contributed by atoms with Crippen molar-refractivity contribution < 1.29 is 9.59 Å². The topological polar surface area (TPSA) is 61.4 Å². The predicted octanol–water partition coefficient (Wildman–Crippen LogP) is -0.525. The molecule has 0 aromatic heterocycles. The Morgan fingerprint density at radius 1 is 1.41 bits per heavy atom. The number of piperidine rings is 1. The minimum Gasteiger partial charge on any atom is -0.352 e. The molecule has 94 valence electrons. The lowest BCUT2D eigenvalue weighted by Crippen LogP contribution is -2.41. The highest BCUT2D eigenvalue weighted by Gasteiger charge is 2.42. The Hall–Kier alpha value is -1.10. The van der Waals surface area contributed by atoms with E-state index < -0.39 is 0 Å². The van der Waals surface area contributed by atoms with E-state index in [0.29, 0.717) is 12.6 Å². The van der Waals surface area contributed by atoms with Gasteiger partial charge in [-0.3, -0.25) is 9.59 Å². The molecule has 1 saturated carbocycles. The Bertz CT molecular complexity index is 341. The summed E-state index contributed by atoms with van der Waals surface area (Å²) in [6.45, 7) is 1.93. The van der Waals surface area contributed by atoms with E-state index in [1.807, 2.05) is 0 Å². The molecule has 2 heterocycles. The minimum atomic E-state index is -0.000466. The number of nitrogens with zero attached hydrogens (tertiary/aromatic N) is 1. The van der Waals surface area contributed by atoms with Gasteiger partial charge in [-0.2, -0.15) is 0 Å². The van der Waals surface area contributed by atoms with Gasteiger partial charge in [0.15, 0.2) is 0 Å². The molecule has 2 N–H and O–H groups in total. The zero-order valence-electron chi connectivity index (χ0n) is 9.95. The molecule has 0 spiro atoms. The van der Waals surface area contributed by atoms with Crippen molar-refractivity contribution in [3.8, 4) is 0 Å². The highest BCUT2D eigenvalue weighted by Crippen LogP contribution is 2.26. The highest BCUT2D eigenvalue weighted by molar-refractivity contribution is 5.88. The van der Waals surface area contributed by atoms with Crippen LogP contribution in [-0.4, -0.2) is 48.4 Å². The molecular formula is C12H19N3O2. The molecule has 5 nitrogen and oxygen atoms in total. The van der Waals surface area contributed by atoms with E-state index in [1.165, 1.54) is 0 Å². The first-order chi connectivity index (χ1) is 8.24. The van der Waals surface area contributed by atoms with Crippen LogP contribution in [0.2, 0.25) is 0 Å². The molecule has 2 saturated heterocycles. The molecular weight excluding hydrogens is 218 g/mol. The fourth-order valence-electron chi connectivity index (χ4n) is 2.82. The van der Waals surface area contributed by atoms with Gasteiger partial charge in [-0.1, -0.05) is 0 Å². The van der Waals surface area contributed by atoms with Gasteiger partial charge < -0.3 is 15.5 Å². The minimum absolute atomic E-state index is 0.000466. The van der Waals surface area contributed by atoms with Crippen molar-refractivity contribution in [2.45, 2.75) is 37.8 Å². The highest BCUT2D eigenvalue weighted by atomic mass is 16.2. The maximum atomic E-state index is 12.1. The normalized spacial score (nSPS) is 32.5. The number of rotatable bonds is 3. The number of hydrogen-bond acceptors (Lipinski definition) is 3. The monoisotopic (exact) mass is 237 g/mol. The van der Waals surface area contributed by atoms with Crippen molar-refractivity contribution in [3.63, 3.8) is 0 Å². The SMILES string of the molecule is O=C(CN1CC2NCCCC2C1=O)NC1CC1. The molecule has 17 heavy (non-hydrogen) atoms. The number of nitrogens with one attached hydrogen (secondary N) is 2.